The quantitative estimate of drug-likeness (QED) is 0.739. The molecule has 26 heavy (non-hydrogen) atoms. The molecule has 2 aliphatic rings. The molecule has 140 valence electrons. The van der Waals surface area contributed by atoms with Gasteiger partial charge in [0.05, 0.1) is 6.04 Å². The molecule has 0 spiro atoms. The highest BCUT2D eigenvalue weighted by Crippen LogP contribution is 2.18. The molecule has 1 unspecified atom stereocenters. The van der Waals surface area contributed by atoms with Crippen LogP contribution < -0.4 is 16.0 Å². The number of imide groups is 1. The minimum atomic E-state index is -0.408. The number of nitrogens with one attached hydrogen (secondary N) is 3. The normalized spacial score (nSPS) is 19.4. The van der Waals surface area contributed by atoms with Gasteiger partial charge in [0.2, 0.25) is 5.91 Å². The van der Waals surface area contributed by atoms with E-state index in [1.807, 2.05) is 30.0 Å². The Bertz CT molecular complexity index is 652. The first kappa shape index (κ1) is 18.4. The molecule has 1 aliphatic heterocycles. The van der Waals surface area contributed by atoms with Crippen LogP contribution in [0, 0.1) is 0 Å². The predicted octanol–water partition coefficient (Wildman–Crippen LogP) is 1.26. The first-order chi connectivity index (χ1) is 12.5. The van der Waals surface area contributed by atoms with Crippen LogP contribution in [0.1, 0.15) is 43.0 Å². The van der Waals surface area contributed by atoms with E-state index in [1.54, 1.807) is 12.1 Å². The Balaban J connectivity index is 1.41. The van der Waals surface area contributed by atoms with Crippen LogP contribution in [0.3, 0.4) is 0 Å². The molecule has 1 aliphatic carbocycles. The Kier molecular flexibility index (Phi) is 5.88. The van der Waals surface area contributed by atoms with Crippen molar-refractivity contribution in [2.24, 2.45) is 0 Å². The van der Waals surface area contributed by atoms with Crippen molar-refractivity contribution in [1.29, 1.82) is 0 Å². The van der Waals surface area contributed by atoms with Gasteiger partial charge < -0.3 is 10.6 Å². The first-order valence-corrected chi connectivity index (χ1v) is 9.24. The molecule has 1 aromatic carbocycles. The highest BCUT2D eigenvalue weighted by Gasteiger charge is 2.29. The molecule has 1 aromatic rings. The molecule has 2 fully saturated rings. The summed E-state index contributed by atoms with van der Waals surface area (Å²) in [7, 11) is 0. The maximum atomic E-state index is 12.2. The fourth-order valence-corrected chi connectivity index (χ4v) is 3.12. The number of likely N-dealkylation sites (tertiary alicyclic amines) is 1. The fourth-order valence-electron chi connectivity index (χ4n) is 3.12. The second-order valence-electron chi connectivity index (χ2n) is 7.06. The molecule has 1 atom stereocenters. The summed E-state index contributed by atoms with van der Waals surface area (Å²) in [5, 5.41) is 8.22. The van der Waals surface area contributed by atoms with Gasteiger partial charge in [0.1, 0.15) is 0 Å². The van der Waals surface area contributed by atoms with Gasteiger partial charge in [-0.3, -0.25) is 19.8 Å². The van der Waals surface area contributed by atoms with Gasteiger partial charge >= 0.3 is 6.03 Å². The number of piperidine rings is 1. The lowest BCUT2D eigenvalue weighted by Crippen LogP contribution is -2.53. The van der Waals surface area contributed by atoms with Crippen molar-refractivity contribution in [3.05, 3.63) is 35.9 Å². The number of carbonyl (C=O) groups is 3. The van der Waals surface area contributed by atoms with E-state index >= 15 is 0 Å². The maximum absolute atomic E-state index is 12.2. The SMILES string of the molecule is CC(C(=O)NC(=O)NC1CC1)N1CCC(NC(=O)c2ccccc2)CC1. The molecule has 1 saturated carbocycles. The Morgan fingerprint density at radius 2 is 1.58 bits per heavy atom. The van der Waals surface area contributed by atoms with E-state index in [2.05, 4.69) is 16.0 Å². The van der Waals surface area contributed by atoms with Crippen molar-refractivity contribution in [2.45, 2.75) is 50.7 Å². The molecule has 0 radical (unpaired) electrons. The predicted molar refractivity (Wildman–Crippen MR) is 97.7 cm³/mol. The van der Waals surface area contributed by atoms with Crippen LogP contribution in [0.2, 0.25) is 0 Å². The van der Waals surface area contributed by atoms with Gasteiger partial charge in [0.15, 0.2) is 0 Å². The van der Waals surface area contributed by atoms with Gasteiger partial charge in [-0.05, 0) is 44.7 Å². The van der Waals surface area contributed by atoms with Gasteiger partial charge in [-0.1, -0.05) is 18.2 Å². The number of rotatable bonds is 5. The summed E-state index contributed by atoms with van der Waals surface area (Å²) in [6.07, 6.45) is 3.54. The van der Waals surface area contributed by atoms with Gasteiger partial charge in [0.25, 0.3) is 5.91 Å². The molecule has 1 saturated heterocycles. The Labute approximate surface area is 153 Å². The Hall–Kier alpha value is -2.41. The number of benzene rings is 1. The maximum Gasteiger partial charge on any atom is 0.321 e. The number of nitrogens with zero attached hydrogens (tertiary/aromatic N) is 1. The molecular weight excluding hydrogens is 332 g/mol. The molecular formula is C19H26N4O3. The van der Waals surface area contributed by atoms with Crippen LogP contribution in [-0.4, -0.2) is 54.0 Å². The van der Waals surface area contributed by atoms with E-state index in [-0.39, 0.29) is 29.9 Å². The highest BCUT2D eigenvalue weighted by molar-refractivity contribution is 5.97. The van der Waals surface area contributed by atoms with Crippen LogP contribution in [0.15, 0.2) is 30.3 Å². The zero-order chi connectivity index (χ0) is 18.5. The summed E-state index contributed by atoms with van der Waals surface area (Å²) in [6, 6.07) is 8.71. The number of hydrogen-bond acceptors (Lipinski definition) is 4. The molecule has 1 heterocycles. The highest BCUT2D eigenvalue weighted by atomic mass is 16.2. The molecule has 7 heteroatoms. The zero-order valence-electron chi connectivity index (χ0n) is 15.0. The summed E-state index contributed by atoms with van der Waals surface area (Å²) in [4.78, 5) is 38.2. The second-order valence-corrected chi connectivity index (χ2v) is 7.06. The lowest BCUT2D eigenvalue weighted by molar-refractivity contribution is -0.125. The van der Waals surface area contributed by atoms with Crippen molar-refractivity contribution in [3.63, 3.8) is 0 Å². The van der Waals surface area contributed by atoms with Crippen molar-refractivity contribution >= 4 is 17.8 Å². The van der Waals surface area contributed by atoms with Crippen LogP contribution in [0.25, 0.3) is 0 Å². The number of hydrogen-bond donors (Lipinski definition) is 3. The number of amides is 4. The molecule has 3 N–H and O–H groups in total. The summed E-state index contributed by atoms with van der Waals surface area (Å²) < 4.78 is 0. The minimum Gasteiger partial charge on any atom is -0.349 e. The lowest BCUT2D eigenvalue weighted by Gasteiger charge is -2.35. The van der Waals surface area contributed by atoms with Gasteiger partial charge in [0, 0.05) is 30.7 Å². The van der Waals surface area contributed by atoms with Crippen molar-refractivity contribution in [3.8, 4) is 0 Å². The van der Waals surface area contributed by atoms with E-state index in [0.717, 1.165) is 25.7 Å². The van der Waals surface area contributed by atoms with Crippen LogP contribution >= 0.6 is 0 Å². The molecule has 0 aromatic heterocycles. The van der Waals surface area contributed by atoms with E-state index < -0.39 is 6.03 Å². The average Bonchev–Trinajstić information content (AvgIpc) is 3.46. The number of carbonyl (C=O) groups excluding carboxylic acids is 3. The van der Waals surface area contributed by atoms with E-state index in [9.17, 15) is 14.4 Å². The summed E-state index contributed by atoms with van der Waals surface area (Å²) in [5.74, 6) is -0.346. The first-order valence-electron chi connectivity index (χ1n) is 9.24. The van der Waals surface area contributed by atoms with Crippen LogP contribution in [0.4, 0.5) is 4.79 Å². The summed E-state index contributed by atoms with van der Waals surface area (Å²) >= 11 is 0. The molecule has 0 bridgehead atoms. The monoisotopic (exact) mass is 358 g/mol. The summed E-state index contributed by atoms with van der Waals surface area (Å²) in [6.45, 7) is 3.22. The second kappa shape index (κ2) is 8.31. The van der Waals surface area contributed by atoms with Gasteiger partial charge in [-0.25, -0.2) is 4.79 Å². The van der Waals surface area contributed by atoms with E-state index in [0.29, 0.717) is 18.7 Å². The lowest BCUT2D eigenvalue weighted by atomic mass is 10.0. The fraction of sp³-hybridized carbons (Fsp3) is 0.526. The van der Waals surface area contributed by atoms with E-state index in [1.165, 1.54) is 0 Å². The molecule has 7 nitrogen and oxygen atoms in total. The zero-order valence-corrected chi connectivity index (χ0v) is 15.0. The largest absolute Gasteiger partial charge is 0.349 e. The standard InChI is InChI=1S/C19H26N4O3/c1-13(17(24)22-19(26)21-15-7-8-15)23-11-9-16(10-12-23)20-18(25)14-5-3-2-4-6-14/h2-6,13,15-16H,7-12H2,1H3,(H,20,25)(H2,21,22,24,26). The topological polar surface area (TPSA) is 90.5 Å². The van der Waals surface area contributed by atoms with Crippen molar-refractivity contribution < 1.29 is 14.4 Å². The van der Waals surface area contributed by atoms with Crippen molar-refractivity contribution in [2.75, 3.05) is 13.1 Å². The Morgan fingerprint density at radius 3 is 2.19 bits per heavy atom. The third-order valence-electron chi connectivity index (χ3n) is 4.98. The Morgan fingerprint density at radius 1 is 0.962 bits per heavy atom. The van der Waals surface area contributed by atoms with Gasteiger partial charge in [-0.15, -0.1) is 0 Å². The van der Waals surface area contributed by atoms with Crippen molar-refractivity contribution in [1.82, 2.24) is 20.9 Å². The van der Waals surface area contributed by atoms with Crippen LogP contribution in [0.5, 0.6) is 0 Å². The third kappa shape index (κ3) is 5.05. The summed E-state index contributed by atoms with van der Waals surface area (Å²) in [5.41, 5.74) is 0.657. The molecule has 3 rings (SSSR count). The number of urea groups is 1. The molecule has 4 amide bonds. The third-order valence-corrected chi connectivity index (χ3v) is 4.98. The van der Waals surface area contributed by atoms with E-state index in [4.69, 9.17) is 0 Å². The van der Waals surface area contributed by atoms with Gasteiger partial charge in [-0.2, -0.15) is 0 Å². The minimum absolute atomic E-state index is 0.0633. The smallest absolute Gasteiger partial charge is 0.321 e. The van der Waals surface area contributed by atoms with Crippen LogP contribution in [-0.2, 0) is 4.79 Å². The average molecular weight is 358 g/mol.